The molecule has 1 fully saturated rings. The molecular formula is C14H14F5NO2. The predicted octanol–water partition coefficient (Wildman–Crippen LogP) is 3.10. The molecule has 0 aliphatic carbocycles. The topological polar surface area (TPSA) is 40.5 Å². The molecule has 1 aromatic rings. The highest BCUT2D eigenvalue weighted by Gasteiger charge is 2.43. The second-order valence-electron chi connectivity index (χ2n) is 5.69. The van der Waals surface area contributed by atoms with Crippen molar-refractivity contribution in [2.45, 2.75) is 32.9 Å². The van der Waals surface area contributed by atoms with E-state index < -0.39 is 52.8 Å². The Labute approximate surface area is 123 Å². The van der Waals surface area contributed by atoms with Gasteiger partial charge in [-0.2, -0.15) is 0 Å². The van der Waals surface area contributed by atoms with Gasteiger partial charge in [0.2, 0.25) is 11.7 Å². The average molecular weight is 323 g/mol. The summed E-state index contributed by atoms with van der Waals surface area (Å²) in [5, 5.41) is 10.1. The molecule has 0 spiro atoms. The number of benzene rings is 1. The van der Waals surface area contributed by atoms with Crippen LogP contribution in [-0.4, -0.2) is 17.2 Å². The van der Waals surface area contributed by atoms with Crippen molar-refractivity contribution in [1.29, 1.82) is 0 Å². The fraction of sp³-hybridized carbons (Fsp3) is 0.500. The minimum Gasteiger partial charge on any atom is -0.373 e. The Morgan fingerprint density at radius 1 is 1.05 bits per heavy atom. The van der Waals surface area contributed by atoms with E-state index in [2.05, 4.69) is 0 Å². The van der Waals surface area contributed by atoms with Crippen LogP contribution in [0, 0.1) is 40.9 Å². The van der Waals surface area contributed by atoms with Crippen LogP contribution >= 0.6 is 0 Å². The van der Waals surface area contributed by atoms with E-state index >= 15 is 0 Å². The van der Waals surface area contributed by atoms with Crippen molar-refractivity contribution in [1.82, 2.24) is 0 Å². The molecule has 2 rings (SSSR count). The summed E-state index contributed by atoms with van der Waals surface area (Å²) in [7, 11) is 0. The lowest BCUT2D eigenvalue weighted by molar-refractivity contribution is -0.117. The molecule has 1 aromatic carbocycles. The van der Waals surface area contributed by atoms with E-state index in [4.69, 9.17) is 0 Å². The first kappa shape index (κ1) is 16.7. The predicted molar refractivity (Wildman–Crippen MR) is 67.3 cm³/mol. The van der Waals surface area contributed by atoms with Crippen molar-refractivity contribution >= 4 is 11.6 Å². The molecule has 1 aliphatic heterocycles. The smallest absolute Gasteiger partial charge is 0.229 e. The van der Waals surface area contributed by atoms with Crippen molar-refractivity contribution in [3.63, 3.8) is 0 Å². The third-order valence-electron chi connectivity index (χ3n) is 3.59. The van der Waals surface area contributed by atoms with Crippen molar-refractivity contribution < 1.29 is 31.9 Å². The fourth-order valence-corrected chi connectivity index (χ4v) is 2.66. The highest BCUT2D eigenvalue weighted by atomic mass is 19.2. The number of anilines is 1. The quantitative estimate of drug-likeness (QED) is 0.527. The first-order valence-corrected chi connectivity index (χ1v) is 6.68. The lowest BCUT2D eigenvalue weighted by Gasteiger charge is -2.25. The standard InChI is InChI=1S/C14H14F5NO2/c1-5(2)3-6-4-7(21)20(14(6)22)13-11(18)9(16)8(15)10(17)12(13)19/h5-6,14,22H,3-4H2,1-2H3. The highest BCUT2D eigenvalue weighted by molar-refractivity contribution is 5.96. The van der Waals surface area contributed by atoms with Crippen molar-refractivity contribution in [3.05, 3.63) is 29.1 Å². The minimum atomic E-state index is -2.31. The molecule has 0 radical (unpaired) electrons. The molecule has 1 N–H and O–H groups in total. The second kappa shape index (κ2) is 5.83. The van der Waals surface area contributed by atoms with Crippen LogP contribution in [0.2, 0.25) is 0 Å². The molecule has 1 saturated heterocycles. The number of nitrogens with zero attached hydrogens (tertiary/aromatic N) is 1. The Bertz CT molecular complexity index is 591. The van der Waals surface area contributed by atoms with E-state index in [-0.39, 0.29) is 17.2 Å². The summed E-state index contributed by atoms with van der Waals surface area (Å²) in [6, 6.07) is 0. The van der Waals surface area contributed by atoms with Crippen LogP contribution < -0.4 is 4.90 Å². The maximum Gasteiger partial charge on any atom is 0.229 e. The molecular weight excluding hydrogens is 309 g/mol. The third kappa shape index (κ3) is 2.55. The zero-order valence-corrected chi connectivity index (χ0v) is 11.8. The van der Waals surface area contributed by atoms with Gasteiger partial charge in [0.05, 0.1) is 0 Å². The van der Waals surface area contributed by atoms with Gasteiger partial charge in [-0.3, -0.25) is 9.69 Å². The zero-order chi connectivity index (χ0) is 16.8. The van der Waals surface area contributed by atoms with Crippen molar-refractivity contribution in [2.24, 2.45) is 11.8 Å². The molecule has 1 heterocycles. The van der Waals surface area contributed by atoms with Gasteiger partial charge in [0, 0.05) is 12.3 Å². The van der Waals surface area contributed by atoms with Crippen LogP contribution in [0.1, 0.15) is 26.7 Å². The molecule has 0 saturated carbocycles. The second-order valence-corrected chi connectivity index (χ2v) is 5.69. The van der Waals surface area contributed by atoms with E-state index in [1.807, 2.05) is 13.8 Å². The summed E-state index contributed by atoms with van der Waals surface area (Å²) in [5.41, 5.74) is -1.40. The van der Waals surface area contributed by atoms with Gasteiger partial charge in [-0.05, 0) is 12.3 Å². The molecule has 122 valence electrons. The van der Waals surface area contributed by atoms with Crippen LogP contribution in [0.4, 0.5) is 27.6 Å². The number of carbonyl (C=O) groups is 1. The van der Waals surface area contributed by atoms with Gasteiger partial charge in [-0.15, -0.1) is 0 Å². The lowest BCUT2D eigenvalue weighted by Crippen LogP contribution is -2.37. The summed E-state index contributed by atoms with van der Waals surface area (Å²) >= 11 is 0. The number of aliphatic hydroxyl groups is 1. The Hall–Kier alpha value is -1.70. The number of hydrogen-bond donors (Lipinski definition) is 1. The van der Waals surface area contributed by atoms with E-state index in [1.165, 1.54) is 0 Å². The van der Waals surface area contributed by atoms with E-state index in [9.17, 15) is 31.9 Å². The van der Waals surface area contributed by atoms with Crippen LogP contribution in [-0.2, 0) is 4.79 Å². The monoisotopic (exact) mass is 323 g/mol. The zero-order valence-electron chi connectivity index (χ0n) is 11.8. The largest absolute Gasteiger partial charge is 0.373 e. The first-order valence-electron chi connectivity index (χ1n) is 6.68. The molecule has 0 bridgehead atoms. The van der Waals surface area contributed by atoms with Crippen LogP contribution in [0.3, 0.4) is 0 Å². The van der Waals surface area contributed by atoms with Gasteiger partial charge in [0.1, 0.15) is 11.9 Å². The molecule has 22 heavy (non-hydrogen) atoms. The van der Waals surface area contributed by atoms with E-state index in [0.29, 0.717) is 6.42 Å². The van der Waals surface area contributed by atoms with E-state index in [1.54, 1.807) is 0 Å². The Balaban J connectivity index is 2.51. The van der Waals surface area contributed by atoms with Crippen LogP contribution in [0.25, 0.3) is 0 Å². The molecule has 8 heteroatoms. The van der Waals surface area contributed by atoms with Crippen molar-refractivity contribution in [2.75, 3.05) is 4.90 Å². The number of rotatable bonds is 3. The molecule has 1 amide bonds. The summed E-state index contributed by atoms with van der Waals surface area (Å²) in [6.45, 7) is 3.64. The van der Waals surface area contributed by atoms with Gasteiger partial charge >= 0.3 is 0 Å². The summed E-state index contributed by atoms with van der Waals surface area (Å²) in [6.07, 6.45) is -1.49. The van der Waals surface area contributed by atoms with Gasteiger partial charge in [-0.1, -0.05) is 13.8 Å². The van der Waals surface area contributed by atoms with Gasteiger partial charge in [0.25, 0.3) is 0 Å². The Morgan fingerprint density at radius 3 is 1.95 bits per heavy atom. The number of hydrogen-bond acceptors (Lipinski definition) is 2. The highest BCUT2D eigenvalue weighted by Crippen LogP contribution is 2.38. The molecule has 3 nitrogen and oxygen atoms in total. The first-order chi connectivity index (χ1) is 10.2. The van der Waals surface area contributed by atoms with Gasteiger partial charge in [-0.25, -0.2) is 22.0 Å². The molecule has 1 aliphatic rings. The summed E-state index contributed by atoms with van der Waals surface area (Å²) < 4.78 is 67.0. The SMILES string of the molecule is CC(C)CC1CC(=O)N(c2c(F)c(F)c(F)c(F)c2F)C1O. The number of aliphatic hydroxyl groups excluding tert-OH is 1. The lowest BCUT2D eigenvalue weighted by atomic mass is 9.95. The maximum atomic E-state index is 13.8. The normalized spacial score (nSPS) is 22.0. The van der Waals surface area contributed by atoms with Crippen molar-refractivity contribution in [3.8, 4) is 0 Å². The Morgan fingerprint density at radius 2 is 1.50 bits per heavy atom. The van der Waals surface area contributed by atoms with E-state index in [0.717, 1.165) is 0 Å². The third-order valence-corrected chi connectivity index (χ3v) is 3.59. The fourth-order valence-electron chi connectivity index (χ4n) is 2.66. The molecule has 0 aromatic heterocycles. The molecule has 2 atom stereocenters. The number of halogens is 5. The minimum absolute atomic E-state index is 0.0868. The van der Waals surface area contributed by atoms with Gasteiger partial charge in [0.15, 0.2) is 23.3 Å². The van der Waals surface area contributed by atoms with Crippen LogP contribution in [0.15, 0.2) is 0 Å². The van der Waals surface area contributed by atoms with Gasteiger partial charge < -0.3 is 5.11 Å². The summed E-state index contributed by atoms with van der Waals surface area (Å²) in [4.78, 5) is 12.1. The number of amides is 1. The number of carbonyl (C=O) groups excluding carboxylic acids is 1. The molecule has 2 unspecified atom stereocenters. The average Bonchev–Trinajstić information content (AvgIpc) is 2.70. The van der Waals surface area contributed by atoms with Crippen LogP contribution in [0.5, 0.6) is 0 Å². The maximum absolute atomic E-state index is 13.8. The summed E-state index contributed by atoms with van der Waals surface area (Å²) in [5.74, 6) is -12.3. The Kier molecular flexibility index (Phi) is 4.42.